The van der Waals surface area contributed by atoms with E-state index in [0.29, 0.717) is 0 Å². The van der Waals surface area contributed by atoms with Gasteiger partial charge in [-0.25, -0.2) is 13.1 Å². The predicted octanol–water partition coefficient (Wildman–Crippen LogP) is 1.04. The molecule has 0 saturated heterocycles. The third-order valence-electron chi connectivity index (χ3n) is 3.67. The molecule has 0 saturated carbocycles. The summed E-state index contributed by atoms with van der Waals surface area (Å²) >= 11 is 0. The van der Waals surface area contributed by atoms with Crippen LogP contribution in [0.4, 0.5) is 0 Å². The molecular formula is C14H20N2O3S. The zero-order chi connectivity index (χ0) is 14.8. The lowest BCUT2D eigenvalue weighted by Gasteiger charge is -2.14. The predicted molar refractivity (Wildman–Crippen MR) is 77.8 cm³/mol. The summed E-state index contributed by atoms with van der Waals surface area (Å²) < 4.78 is 24.9. The van der Waals surface area contributed by atoms with Crippen LogP contribution >= 0.6 is 0 Å². The number of hydrogen-bond acceptors (Lipinski definition) is 3. The number of sulfonamides is 1. The summed E-state index contributed by atoms with van der Waals surface area (Å²) in [5.41, 5.74) is 3.69. The van der Waals surface area contributed by atoms with E-state index in [1.165, 1.54) is 18.1 Å². The van der Waals surface area contributed by atoms with Gasteiger partial charge in [-0.2, -0.15) is 0 Å². The SMILES string of the molecule is CCS(=O)(=O)NCC(=O)N[C@@H]1CCc2c(C)cccc21. The summed E-state index contributed by atoms with van der Waals surface area (Å²) in [6.07, 6.45) is 1.82. The van der Waals surface area contributed by atoms with Crippen molar-refractivity contribution in [3.8, 4) is 0 Å². The molecule has 2 N–H and O–H groups in total. The van der Waals surface area contributed by atoms with E-state index in [2.05, 4.69) is 23.0 Å². The van der Waals surface area contributed by atoms with Gasteiger partial charge < -0.3 is 5.32 Å². The molecule has 2 rings (SSSR count). The number of rotatable bonds is 5. The molecule has 0 aliphatic heterocycles. The largest absolute Gasteiger partial charge is 0.348 e. The Kier molecular flexibility index (Phi) is 4.45. The van der Waals surface area contributed by atoms with Gasteiger partial charge in [-0.1, -0.05) is 18.2 Å². The van der Waals surface area contributed by atoms with Crippen LogP contribution < -0.4 is 10.0 Å². The summed E-state index contributed by atoms with van der Waals surface area (Å²) in [4.78, 5) is 11.8. The van der Waals surface area contributed by atoms with Crippen molar-refractivity contribution in [1.29, 1.82) is 0 Å². The quantitative estimate of drug-likeness (QED) is 0.852. The Morgan fingerprint density at radius 3 is 2.85 bits per heavy atom. The third kappa shape index (κ3) is 3.37. The molecule has 1 atom stereocenters. The topological polar surface area (TPSA) is 75.3 Å². The van der Waals surface area contributed by atoms with E-state index in [9.17, 15) is 13.2 Å². The number of nitrogens with one attached hydrogen (secondary N) is 2. The second kappa shape index (κ2) is 5.93. The third-order valence-corrected chi connectivity index (χ3v) is 5.02. The van der Waals surface area contributed by atoms with E-state index >= 15 is 0 Å². The Bertz CT molecular complexity index is 611. The standard InChI is InChI=1S/C14H20N2O3S/c1-3-20(18,19)15-9-14(17)16-13-8-7-11-10(2)5-4-6-12(11)13/h4-6,13,15H,3,7-9H2,1-2H3,(H,16,17)/t13-/m1/s1. The fourth-order valence-corrected chi connectivity index (χ4v) is 3.07. The van der Waals surface area contributed by atoms with Gasteiger partial charge in [0, 0.05) is 0 Å². The van der Waals surface area contributed by atoms with Crippen LogP contribution in [0.1, 0.15) is 36.1 Å². The van der Waals surface area contributed by atoms with Crippen molar-refractivity contribution < 1.29 is 13.2 Å². The van der Waals surface area contributed by atoms with E-state index in [1.54, 1.807) is 0 Å². The van der Waals surface area contributed by atoms with Crippen molar-refractivity contribution in [2.75, 3.05) is 12.3 Å². The second-order valence-electron chi connectivity index (χ2n) is 5.03. The first-order valence-corrected chi connectivity index (χ1v) is 8.43. The van der Waals surface area contributed by atoms with E-state index in [1.807, 2.05) is 12.1 Å². The van der Waals surface area contributed by atoms with Crippen molar-refractivity contribution in [1.82, 2.24) is 10.0 Å². The maximum atomic E-state index is 11.8. The van der Waals surface area contributed by atoms with Crippen LogP contribution in [0.5, 0.6) is 0 Å². The van der Waals surface area contributed by atoms with Gasteiger partial charge in [0.2, 0.25) is 15.9 Å². The van der Waals surface area contributed by atoms with Gasteiger partial charge in [0.1, 0.15) is 0 Å². The molecule has 0 bridgehead atoms. The first-order valence-electron chi connectivity index (χ1n) is 6.78. The molecule has 110 valence electrons. The summed E-state index contributed by atoms with van der Waals surface area (Å²) in [6.45, 7) is 3.41. The highest BCUT2D eigenvalue weighted by molar-refractivity contribution is 7.89. The molecule has 1 aromatic rings. The molecule has 1 aromatic carbocycles. The summed E-state index contributed by atoms with van der Waals surface area (Å²) in [7, 11) is -3.33. The summed E-state index contributed by atoms with van der Waals surface area (Å²) in [6, 6.07) is 6.07. The minimum atomic E-state index is -3.33. The lowest BCUT2D eigenvalue weighted by molar-refractivity contribution is -0.120. The van der Waals surface area contributed by atoms with Crippen LogP contribution in [0, 0.1) is 6.92 Å². The van der Waals surface area contributed by atoms with Gasteiger partial charge in [0.15, 0.2) is 0 Å². The smallest absolute Gasteiger partial charge is 0.235 e. The van der Waals surface area contributed by atoms with Gasteiger partial charge in [-0.05, 0) is 43.4 Å². The van der Waals surface area contributed by atoms with Crippen LogP contribution in [-0.2, 0) is 21.2 Å². The van der Waals surface area contributed by atoms with Gasteiger partial charge in [0.05, 0.1) is 18.3 Å². The van der Waals surface area contributed by atoms with Gasteiger partial charge in [-0.3, -0.25) is 4.79 Å². The molecule has 5 nitrogen and oxygen atoms in total. The van der Waals surface area contributed by atoms with Crippen molar-refractivity contribution in [2.45, 2.75) is 32.7 Å². The summed E-state index contributed by atoms with van der Waals surface area (Å²) in [5, 5.41) is 2.89. The molecule has 1 amide bonds. The first kappa shape index (κ1) is 15.0. The molecule has 20 heavy (non-hydrogen) atoms. The molecule has 1 aliphatic carbocycles. The number of carbonyl (C=O) groups excluding carboxylic acids is 1. The Hall–Kier alpha value is -1.40. The minimum absolute atomic E-state index is 0.0106. The molecule has 0 radical (unpaired) electrons. The highest BCUT2D eigenvalue weighted by atomic mass is 32.2. The fraction of sp³-hybridized carbons (Fsp3) is 0.500. The van der Waals surface area contributed by atoms with Crippen molar-refractivity contribution in [3.05, 3.63) is 34.9 Å². The Balaban J connectivity index is 1.96. The minimum Gasteiger partial charge on any atom is -0.348 e. The monoisotopic (exact) mass is 296 g/mol. The van der Waals surface area contributed by atoms with Crippen LogP contribution in [0.25, 0.3) is 0 Å². The highest BCUT2D eigenvalue weighted by Crippen LogP contribution is 2.32. The number of hydrogen-bond donors (Lipinski definition) is 2. The molecule has 0 spiro atoms. The average Bonchev–Trinajstić information content (AvgIpc) is 2.82. The van der Waals surface area contributed by atoms with Gasteiger partial charge in [-0.15, -0.1) is 0 Å². The molecule has 0 unspecified atom stereocenters. The molecule has 0 aromatic heterocycles. The van der Waals surface area contributed by atoms with Gasteiger partial charge >= 0.3 is 0 Å². The highest BCUT2D eigenvalue weighted by Gasteiger charge is 2.24. The molecule has 6 heteroatoms. The maximum absolute atomic E-state index is 11.8. The van der Waals surface area contributed by atoms with Crippen LogP contribution in [0.15, 0.2) is 18.2 Å². The van der Waals surface area contributed by atoms with Crippen molar-refractivity contribution in [2.24, 2.45) is 0 Å². The molecular weight excluding hydrogens is 276 g/mol. The first-order chi connectivity index (χ1) is 9.43. The van der Waals surface area contributed by atoms with Gasteiger partial charge in [0.25, 0.3) is 0 Å². The zero-order valence-electron chi connectivity index (χ0n) is 11.8. The fourth-order valence-electron chi connectivity index (χ4n) is 2.51. The lowest BCUT2D eigenvalue weighted by atomic mass is 10.0. The lowest BCUT2D eigenvalue weighted by Crippen LogP contribution is -2.38. The normalized spacial score (nSPS) is 17.8. The maximum Gasteiger partial charge on any atom is 0.235 e. The number of aryl methyl sites for hydroxylation is 1. The number of carbonyl (C=O) groups is 1. The van der Waals surface area contributed by atoms with E-state index in [4.69, 9.17) is 0 Å². The molecule has 0 fully saturated rings. The number of benzene rings is 1. The van der Waals surface area contributed by atoms with E-state index < -0.39 is 10.0 Å². The molecule has 1 aliphatic rings. The summed E-state index contributed by atoms with van der Waals surface area (Å²) in [5.74, 6) is -0.312. The number of amides is 1. The Labute approximate surface area is 119 Å². The Morgan fingerprint density at radius 2 is 2.15 bits per heavy atom. The molecule has 0 heterocycles. The van der Waals surface area contributed by atoms with Crippen LogP contribution in [-0.4, -0.2) is 26.6 Å². The van der Waals surface area contributed by atoms with Crippen LogP contribution in [0.3, 0.4) is 0 Å². The second-order valence-corrected chi connectivity index (χ2v) is 7.12. The Morgan fingerprint density at radius 1 is 1.40 bits per heavy atom. The van der Waals surface area contributed by atoms with E-state index in [0.717, 1.165) is 18.4 Å². The van der Waals surface area contributed by atoms with E-state index in [-0.39, 0.29) is 24.2 Å². The zero-order valence-corrected chi connectivity index (χ0v) is 12.6. The number of fused-ring (bicyclic) bond motifs is 1. The van der Waals surface area contributed by atoms with Crippen LogP contribution in [0.2, 0.25) is 0 Å². The van der Waals surface area contributed by atoms with Crippen molar-refractivity contribution >= 4 is 15.9 Å². The average molecular weight is 296 g/mol. The van der Waals surface area contributed by atoms with Crippen molar-refractivity contribution in [3.63, 3.8) is 0 Å².